The largest absolute Gasteiger partial charge is 0.421 e. The third-order valence-corrected chi connectivity index (χ3v) is 15.2. The van der Waals surface area contributed by atoms with E-state index < -0.39 is 22.1 Å². The van der Waals surface area contributed by atoms with E-state index in [1.807, 2.05) is 0 Å². The SMILES string of the molecule is C[Si](C)(c1ccccc1)N(B(Cl)Cl)[Si](C)(C)c1ccccc1. The first kappa shape index (κ1) is 17.8. The zero-order chi connectivity index (χ0) is 16.4. The van der Waals surface area contributed by atoms with E-state index in [1.165, 1.54) is 10.4 Å². The highest BCUT2D eigenvalue weighted by Crippen LogP contribution is 2.25. The molecule has 0 saturated carbocycles. The zero-order valence-corrected chi connectivity index (χ0v) is 17.1. The van der Waals surface area contributed by atoms with E-state index in [2.05, 4.69) is 91.0 Å². The molecule has 116 valence electrons. The van der Waals surface area contributed by atoms with Crippen LogP contribution in [0.15, 0.2) is 60.7 Å². The maximum Gasteiger partial charge on any atom is 0.421 e. The van der Waals surface area contributed by atoms with Crippen LogP contribution in [0.2, 0.25) is 26.2 Å². The average Bonchev–Trinajstić information content (AvgIpc) is 2.48. The van der Waals surface area contributed by atoms with Crippen LogP contribution in [-0.4, -0.2) is 26.3 Å². The minimum absolute atomic E-state index is 0.497. The van der Waals surface area contributed by atoms with Gasteiger partial charge in [0.15, 0.2) is 0 Å². The Kier molecular flexibility index (Phi) is 5.62. The van der Waals surface area contributed by atoms with Crippen LogP contribution in [-0.2, 0) is 0 Å². The number of hydrogen-bond donors (Lipinski definition) is 0. The zero-order valence-electron chi connectivity index (χ0n) is 13.6. The van der Waals surface area contributed by atoms with E-state index in [0.29, 0.717) is 0 Å². The fourth-order valence-corrected chi connectivity index (χ4v) is 16.0. The summed E-state index contributed by atoms with van der Waals surface area (Å²) < 4.78 is 2.42. The van der Waals surface area contributed by atoms with Crippen molar-refractivity contribution in [1.82, 2.24) is 4.14 Å². The smallest absolute Gasteiger partial charge is 0.353 e. The van der Waals surface area contributed by atoms with Crippen LogP contribution in [0, 0.1) is 0 Å². The molecule has 0 aliphatic carbocycles. The summed E-state index contributed by atoms with van der Waals surface area (Å²) in [6, 6.07) is 21.3. The highest BCUT2D eigenvalue weighted by molar-refractivity contribution is 7.38. The Hall–Kier alpha value is -0.521. The lowest BCUT2D eigenvalue weighted by atomic mass is 10.4. The molecule has 22 heavy (non-hydrogen) atoms. The highest BCUT2D eigenvalue weighted by atomic mass is 35.5. The molecule has 0 aliphatic rings. The first-order valence-electron chi connectivity index (χ1n) is 7.46. The first-order chi connectivity index (χ1) is 10.3. The lowest BCUT2D eigenvalue weighted by Gasteiger charge is -2.47. The van der Waals surface area contributed by atoms with Gasteiger partial charge in [0.2, 0.25) is 0 Å². The van der Waals surface area contributed by atoms with Gasteiger partial charge in [-0.15, -0.1) is 0 Å². The second kappa shape index (κ2) is 6.93. The molecule has 0 saturated heterocycles. The maximum absolute atomic E-state index is 6.47. The predicted molar refractivity (Wildman–Crippen MR) is 106 cm³/mol. The molecule has 2 aromatic rings. The quantitative estimate of drug-likeness (QED) is 0.724. The molecule has 6 heteroatoms. The molecule has 1 nitrogen and oxygen atoms in total. The van der Waals surface area contributed by atoms with Crippen molar-refractivity contribution in [2.45, 2.75) is 26.2 Å². The molecule has 0 amide bonds. The normalized spacial score (nSPS) is 12.5. The van der Waals surface area contributed by atoms with Crippen molar-refractivity contribution in [3.8, 4) is 0 Å². The van der Waals surface area contributed by atoms with Gasteiger partial charge < -0.3 is 4.14 Å². The molecular formula is C16H22BCl2NSi2. The summed E-state index contributed by atoms with van der Waals surface area (Å²) in [7, 11) is -3.92. The van der Waals surface area contributed by atoms with E-state index in [4.69, 9.17) is 22.9 Å². The van der Waals surface area contributed by atoms with Crippen molar-refractivity contribution in [2.75, 3.05) is 0 Å². The number of hydrogen-bond acceptors (Lipinski definition) is 1. The van der Waals surface area contributed by atoms with Crippen molar-refractivity contribution in [3.63, 3.8) is 0 Å². The standard InChI is InChI=1S/C16H22BCl2NSi2/c1-21(2,15-11-7-5-8-12-15)20(17(18)19)22(3,4)16-13-9-6-10-14-16/h5-14H,1-4H3. The highest BCUT2D eigenvalue weighted by Gasteiger charge is 2.47. The number of nitrogens with zero attached hydrogens (tertiary/aromatic N) is 1. The van der Waals surface area contributed by atoms with Gasteiger partial charge in [0.1, 0.15) is 16.5 Å². The summed E-state index contributed by atoms with van der Waals surface area (Å²) in [6.07, 6.45) is 0. The minimum Gasteiger partial charge on any atom is -0.353 e. The first-order valence-corrected chi connectivity index (χ1v) is 14.2. The number of halogens is 2. The Morgan fingerprint density at radius 3 is 1.27 bits per heavy atom. The summed E-state index contributed by atoms with van der Waals surface area (Å²) in [4.78, 5) is 0. The average molecular weight is 366 g/mol. The van der Waals surface area contributed by atoms with Gasteiger partial charge in [0, 0.05) is 0 Å². The Labute approximate surface area is 146 Å². The lowest BCUT2D eigenvalue weighted by molar-refractivity contribution is 0.983. The van der Waals surface area contributed by atoms with Crippen LogP contribution < -0.4 is 10.4 Å². The van der Waals surface area contributed by atoms with Crippen molar-refractivity contribution >= 4 is 55.4 Å². The summed E-state index contributed by atoms with van der Waals surface area (Å²) in [5.41, 5.74) is -0.497. The van der Waals surface area contributed by atoms with E-state index >= 15 is 0 Å². The van der Waals surface area contributed by atoms with Gasteiger partial charge in [0.05, 0.1) is 0 Å². The van der Waals surface area contributed by atoms with Crippen LogP contribution in [0.4, 0.5) is 0 Å². The molecule has 0 radical (unpaired) electrons. The van der Waals surface area contributed by atoms with Crippen LogP contribution in [0.3, 0.4) is 0 Å². The molecular weight excluding hydrogens is 344 g/mol. The molecule has 0 unspecified atom stereocenters. The molecule has 0 spiro atoms. The number of benzene rings is 2. The van der Waals surface area contributed by atoms with Gasteiger partial charge in [-0.05, 0) is 10.4 Å². The topological polar surface area (TPSA) is 3.24 Å². The summed E-state index contributed by atoms with van der Waals surface area (Å²) >= 11 is 12.9. The van der Waals surface area contributed by atoms with Gasteiger partial charge in [-0.2, -0.15) is 22.9 Å². The molecule has 0 atom stereocenters. The molecule has 2 rings (SSSR count). The van der Waals surface area contributed by atoms with Gasteiger partial charge in [-0.1, -0.05) is 86.9 Å². The molecule has 0 fully saturated rings. The summed E-state index contributed by atoms with van der Waals surface area (Å²) in [5.74, 6) is 0. The van der Waals surface area contributed by atoms with Crippen LogP contribution in [0.1, 0.15) is 0 Å². The van der Waals surface area contributed by atoms with Gasteiger partial charge in [-0.25, -0.2) is 0 Å². The van der Waals surface area contributed by atoms with E-state index in [0.717, 1.165) is 0 Å². The van der Waals surface area contributed by atoms with Crippen molar-refractivity contribution in [2.24, 2.45) is 0 Å². The Bertz CT molecular complexity index is 555. The van der Waals surface area contributed by atoms with Gasteiger partial charge >= 0.3 is 5.68 Å². The summed E-state index contributed by atoms with van der Waals surface area (Å²) in [6.45, 7) is 9.32. The minimum atomic E-state index is -1.96. The number of rotatable bonds is 5. The van der Waals surface area contributed by atoms with Crippen LogP contribution in [0.5, 0.6) is 0 Å². The second-order valence-corrected chi connectivity index (χ2v) is 16.3. The molecule has 0 bridgehead atoms. The van der Waals surface area contributed by atoms with Crippen molar-refractivity contribution in [3.05, 3.63) is 60.7 Å². The Morgan fingerprint density at radius 2 is 1.00 bits per heavy atom. The molecule has 2 aromatic carbocycles. The third kappa shape index (κ3) is 3.52. The molecule has 0 aromatic heterocycles. The fourth-order valence-electron chi connectivity index (χ4n) is 3.16. The van der Waals surface area contributed by atoms with Crippen LogP contribution >= 0.6 is 22.9 Å². The lowest BCUT2D eigenvalue weighted by Crippen LogP contribution is -2.73. The van der Waals surface area contributed by atoms with E-state index in [9.17, 15) is 0 Å². The molecule has 0 heterocycles. The van der Waals surface area contributed by atoms with Gasteiger partial charge in [0.25, 0.3) is 0 Å². The predicted octanol–water partition coefficient (Wildman–Crippen LogP) is 3.98. The molecule has 0 aliphatic heterocycles. The summed E-state index contributed by atoms with van der Waals surface area (Å²) in [5, 5.41) is 2.72. The Balaban J connectivity index is 2.51. The van der Waals surface area contributed by atoms with E-state index in [-0.39, 0.29) is 0 Å². The van der Waals surface area contributed by atoms with E-state index in [1.54, 1.807) is 0 Å². The van der Waals surface area contributed by atoms with Crippen molar-refractivity contribution < 1.29 is 0 Å². The second-order valence-electron chi connectivity index (χ2n) is 6.50. The molecule has 0 N–H and O–H groups in total. The van der Waals surface area contributed by atoms with Crippen LogP contribution in [0.25, 0.3) is 0 Å². The maximum atomic E-state index is 6.47. The van der Waals surface area contributed by atoms with Crippen molar-refractivity contribution in [1.29, 1.82) is 0 Å². The monoisotopic (exact) mass is 365 g/mol. The Morgan fingerprint density at radius 1 is 0.682 bits per heavy atom. The third-order valence-electron chi connectivity index (χ3n) is 4.36. The van der Waals surface area contributed by atoms with Gasteiger partial charge in [-0.3, -0.25) is 0 Å². The fraction of sp³-hybridized carbons (Fsp3) is 0.250.